The Morgan fingerprint density at radius 3 is 2.74 bits per heavy atom. The van der Waals surface area contributed by atoms with E-state index in [-0.39, 0.29) is 5.82 Å². The molecule has 6 rings (SSSR count). The first-order valence-corrected chi connectivity index (χ1v) is 12.2. The lowest BCUT2D eigenvalue weighted by Gasteiger charge is -2.13. The van der Waals surface area contributed by atoms with Crippen LogP contribution in [0.5, 0.6) is 0 Å². The number of aromatic amines is 2. The van der Waals surface area contributed by atoms with Gasteiger partial charge in [-0.1, -0.05) is 6.07 Å². The van der Waals surface area contributed by atoms with Crippen LogP contribution in [-0.2, 0) is 0 Å². The number of fused-ring (bicyclic) bond motifs is 2. The van der Waals surface area contributed by atoms with Crippen molar-refractivity contribution in [1.82, 2.24) is 35.0 Å². The Labute approximate surface area is 218 Å². The van der Waals surface area contributed by atoms with Crippen LogP contribution in [0.25, 0.3) is 55.8 Å². The summed E-state index contributed by atoms with van der Waals surface area (Å²) in [6.07, 6.45) is 5.07. The lowest BCUT2D eigenvalue weighted by molar-refractivity contribution is 0.425. The molecule has 5 N–H and O–H groups in total. The fourth-order valence-electron chi connectivity index (χ4n) is 4.52. The van der Waals surface area contributed by atoms with E-state index in [1.165, 1.54) is 12.1 Å². The summed E-state index contributed by atoms with van der Waals surface area (Å²) >= 11 is 0. The Morgan fingerprint density at radius 2 is 1.89 bits per heavy atom. The molecule has 10 heteroatoms. The lowest BCUT2D eigenvalue weighted by atomic mass is 10.0. The van der Waals surface area contributed by atoms with Crippen LogP contribution in [0.3, 0.4) is 0 Å². The van der Waals surface area contributed by atoms with Gasteiger partial charge in [0.05, 0.1) is 16.7 Å². The number of nitrogens with two attached hydrogens (primary N) is 1. The van der Waals surface area contributed by atoms with Crippen LogP contribution >= 0.6 is 0 Å². The van der Waals surface area contributed by atoms with E-state index in [1.807, 2.05) is 50.5 Å². The second kappa shape index (κ2) is 9.56. The third-order valence-electron chi connectivity index (χ3n) is 6.37. The number of hydrogen-bond acceptors (Lipinski definition) is 7. The first-order valence-electron chi connectivity index (χ1n) is 12.2. The van der Waals surface area contributed by atoms with Crippen molar-refractivity contribution in [2.75, 3.05) is 38.2 Å². The molecule has 0 radical (unpaired) electrons. The Morgan fingerprint density at radius 1 is 1.00 bits per heavy atom. The van der Waals surface area contributed by atoms with Crippen LogP contribution in [0.15, 0.2) is 67.1 Å². The van der Waals surface area contributed by atoms with Crippen LogP contribution < -0.4 is 11.1 Å². The van der Waals surface area contributed by atoms with E-state index in [4.69, 9.17) is 10.7 Å². The molecule has 4 aromatic heterocycles. The fourth-order valence-corrected chi connectivity index (χ4v) is 4.52. The van der Waals surface area contributed by atoms with Gasteiger partial charge in [0.2, 0.25) is 0 Å². The molecule has 0 amide bonds. The summed E-state index contributed by atoms with van der Waals surface area (Å²) in [5.41, 5.74) is 13.4. The van der Waals surface area contributed by atoms with Crippen molar-refractivity contribution >= 4 is 33.4 Å². The van der Waals surface area contributed by atoms with Gasteiger partial charge in [-0.15, -0.1) is 0 Å². The maximum absolute atomic E-state index is 14.6. The molecule has 38 heavy (non-hydrogen) atoms. The van der Waals surface area contributed by atoms with Crippen molar-refractivity contribution in [3.8, 4) is 33.8 Å². The van der Waals surface area contributed by atoms with E-state index < -0.39 is 0 Å². The fraction of sp³-hybridized carbons (Fsp3) is 0.143. The van der Waals surface area contributed by atoms with Crippen LogP contribution in [0.1, 0.15) is 0 Å². The Bertz CT molecular complexity index is 1770. The monoisotopic (exact) mass is 507 g/mol. The summed E-state index contributed by atoms with van der Waals surface area (Å²) < 4.78 is 14.6. The molecule has 2 aromatic carbocycles. The molecule has 0 aliphatic rings. The van der Waals surface area contributed by atoms with Crippen molar-refractivity contribution < 1.29 is 4.39 Å². The first kappa shape index (κ1) is 23.6. The zero-order valence-electron chi connectivity index (χ0n) is 21.0. The third kappa shape index (κ3) is 4.53. The van der Waals surface area contributed by atoms with Gasteiger partial charge in [0.15, 0.2) is 11.5 Å². The molecule has 0 atom stereocenters. The second-order valence-corrected chi connectivity index (χ2v) is 9.44. The number of halogens is 1. The first-order chi connectivity index (χ1) is 18.4. The molecule has 0 unspecified atom stereocenters. The number of H-pyrrole nitrogens is 2. The van der Waals surface area contributed by atoms with Gasteiger partial charge in [-0.2, -0.15) is 5.10 Å². The minimum Gasteiger partial charge on any atom is -0.397 e. The number of hydrogen-bond donors (Lipinski definition) is 4. The Kier molecular flexibility index (Phi) is 5.93. The molecule has 0 saturated carbocycles. The lowest BCUT2D eigenvalue weighted by Crippen LogP contribution is -2.20. The molecule has 0 saturated heterocycles. The summed E-state index contributed by atoms with van der Waals surface area (Å²) in [6, 6.07) is 14.7. The molecule has 9 nitrogen and oxygen atoms in total. The number of imidazole rings is 1. The molecule has 0 aliphatic heterocycles. The molecular weight excluding hydrogens is 481 g/mol. The summed E-state index contributed by atoms with van der Waals surface area (Å²) in [5, 5.41) is 11.8. The molecule has 0 bridgehead atoms. The number of nitrogens with one attached hydrogen (secondary N) is 3. The predicted molar refractivity (Wildman–Crippen MR) is 149 cm³/mol. The molecule has 6 aromatic rings. The van der Waals surface area contributed by atoms with Crippen LogP contribution in [0.4, 0.5) is 15.8 Å². The van der Waals surface area contributed by atoms with Gasteiger partial charge in [-0.3, -0.25) is 10.1 Å². The van der Waals surface area contributed by atoms with Gasteiger partial charge < -0.3 is 20.9 Å². The van der Waals surface area contributed by atoms with Crippen molar-refractivity contribution in [3.63, 3.8) is 0 Å². The van der Waals surface area contributed by atoms with Gasteiger partial charge in [0.25, 0.3) is 0 Å². The van der Waals surface area contributed by atoms with E-state index in [9.17, 15) is 4.39 Å². The molecule has 0 fully saturated rings. The number of benzene rings is 2. The summed E-state index contributed by atoms with van der Waals surface area (Å²) in [4.78, 5) is 18.8. The highest BCUT2D eigenvalue weighted by Gasteiger charge is 2.17. The van der Waals surface area contributed by atoms with Gasteiger partial charge >= 0.3 is 0 Å². The molecule has 190 valence electrons. The molecule has 0 spiro atoms. The topological polar surface area (TPSA) is 124 Å². The molecular formula is C28H26FN9. The Balaban J connectivity index is 1.40. The number of anilines is 2. The highest BCUT2D eigenvalue weighted by molar-refractivity contribution is 5.97. The van der Waals surface area contributed by atoms with Gasteiger partial charge in [0.1, 0.15) is 11.5 Å². The zero-order chi connectivity index (χ0) is 26.2. The van der Waals surface area contributed by atoms with Crippen molar-refractivity contribution in [3.05, 3.63) is 72.9 Å². The van der Waals surface area contributed by atoms with Crippen molar-refractivity contribution in [2.45, 2.75) is 0 Å². The molecule has 0 aliphatic carbocycles. The van der Waals surface area contributed by atoms with Crippen LogP contribution in [-0.4, -0.2) is 62.2 Å². The van der Waals surface area contributed by atoms with E-state index in [0.717, 1.165) is 39.7 Å². The summed E-state index contributed by atoms with van der Waals surface area (Å²) in [7, 11) is 4.00. The van der Waals surface area contributed by atoms with Gasteiger partial charge in [-0.25, -0.2) is 14.4 Å². The SMILES string of the molecule is CN(C)CCNc1cc(F)cc(-c2ccnc3nc(-c4n[nH]c5ccc(-c6cncc(N)c6)cc45)[nH]c23)c1. The maximum Gasteiger partial charge on any atom is 0.178 e. The van der Waals surface area contributed by atoms with Gasteiger partial charge in [-0.05, 0) is 67.7 Å². The number of likely N-dealkylation sites (N-methyl/N-ethyl adjacent to an activating group) is 1. The van der Waals surface area contributed by atoms with Crippen LogP contribution in [0.2, 0.25) is 0 Å². The summed E-state index contributed by atoms with van der Waals surface area (Å²) in [5.74, 6) is 0.246. The number of nitrogens with zero attached hydrogens (tertiary/aromatic N) is 5. The van der Waals surface area contributed by atoms with E-state index in [1.54, 1.807) is 18.6 Å². The summed E-state index contributed by atoms with van der Waals surface area (Å²) in [6.45, 7) is 1.54. The number of pyridine rings is 2. The predicted octanol–water partition coefficient (Wildman–Crippen LogP) is 4.93. The third-order valence-corrected chi connectivity index (χ3v) is 6.37. The smallest absolute Gasteiger partial charge is 0.178 e. The maximum atomic E-state index is 14.6. The average molecular weight is 508 g/mol. The van der Waals surface area contributed by atoms with Crippen LogP contribution in [0, 0.1) is 5.82 Å². The second-order valence-electron chi connectivity index (χ2n) is 9.44. The molecule has 4 heterocycles. The van der Waals surface area contributed by atoms with Crippen molar-refractivity contribution in [1.29, 1.82) is 0 Å². The van der Waals surface area contributed by atoms with Crippen molar-refractivity contribution in [2.24, 2.45) is 0 Å². The van der Waals surface area contributed by atoms with E-state index >= 15 is 0 Å². The quantitative estimate of drug-likeness (QED) is 0.242. The van der Waals surface area contributed by atoms with Gasteiger partial charge in [0, 0.05) is 53.9 Å². The largest absolute Gasteiger partial charge is 0.397 e. The average Bonchev–Trinajstić information content (AvgIpc) is 3.51. The normalized spacial score (nSPS) is 11.6. The number of nitrogen functional groups attached to an aromatic ring is 1. The zero-order valence-corrected chi connectivity index (χ0v) is 21.0. The minimum atomic E-state index is -0.318. The highest BCUT2D eigenvalue weighted by Crippen LogP contribution is 2.33. The number of rotatable bonds is 7. The Hall–Kier alpha value is -4.83. The minimum absolute atomic E-state index is 0.318. The standard InChI is InChI=1S/C28H26FN9/c1-38(2)8-7-32-21-11-17(9-19(29)13-21)22-5-6-33-27-25(22)34-28(35-27)26-23-12-16(3-4-24(23)36-37-26)18-10-20(30)15-31-14-18/h3-6,9-15,32H,7-8,30H2,1-2H3,(H,36,37)(H,33,34,35). The van der Waals surface area contributed by atoms with E-state index in [2.05, 4.69) is 35.4 Å². The highest BCUT2D eigenvalue weighted by atomic mass is 19.1. The van der Waals surface area contributed by atoms with E-state index in [0.29, 0.717) is 40.6 Å². The number of aromatic nitrogens is 6.